The number of rotatable bonds is 2. The fourth-order valence-corrected chi connectivity index (χ4v) is 0.891. The number of carbonyl (C=O) groups excluding carboxylic acids is 1. The second-order valence-corrected chi connectivity index (χ2v) is 2.29. The van der Waals surface area contributed by atoms with E-state index in [2.05, 4.69) is 4.42 Å². The van der Waals surface area contributed by atoms with Gasteiger partial charge in [0.05, 0.1) is 6.26 Å². The van der Waals surface area contributed by atoms with Crippen molar-refractivity contribution in [2.75, 3.05) is 0 Å². The minimum atomic E-state index is -1.21. The van der Waals surface area contributed by atoms with Crippen molar-refractivity contribution in [2.45, 2.75) is 6.92 Å². The molecule has 12 heavy (non-hydrogen) atoms. The van der Waals surface area contributed by atoms with Gasteiger partial charge in [-0.25, -0.2) is 4.79 Å². The van der Waals surface area contributed by atoms with Gasteiger partial charge in [0, 0.05) is 5.56 Å². The molecule has 3 N–H and O–H groups in total. The molecule has 5 nitrogen and oxygen atoms in total. The summed E-state index contributed by atoms with van der Waals surface area (Å²) in [6, 6.07) is 0. The van der Waals surface area contributed by atoms with E-state index in [4.69, 9.17) is 10.8 Å². The highest BCUT2D eigenvalue weighted by Gasteiger charge is 2.20. The highest BCUT2D eigenvalue weighted by atomic mass is 16.4. The number of carboxylic acids is 1. The normalized spacial score (nSPS) is 9.75. The first kappa shape index (κ1) is 8.32. The van der Waals surface area contributed by atoms with Crippen molar-refractivity contribution < 1.29 is 19.1 Å². The highest BCUT2D eigenvalue weighted by Crippen LogP contribution is 2.15. The Hall–Kier alpha value is -1.78. The lowest BCUT2D eigenvalue weighted by molar-refractivity contribution is 0.0689. The molecular weight excluding hydrogens is 162 g/mol. The Morgan fingerprint density at radius 2 is 2.17 bits per heavy atom. The quantitative estimate of drug-likeness (QED) is 0.669. The summed E-state index contributed by atoms with van der Waals surface area (Å²) in [5.41, 5.74) is 5.09. The SMILES string of the molecule is Cc1coc(C(N)=O)c1C(=O)O. The van der Waals surface area contributed by atoms with Gasteiger partial charge in [-0.1, -0.05) is 0 Å². The smallest absolute Gasteiger partial charge is 0.340 e. The Bertz CT molecular complexity index is 339. The molecule has 0 saturated carbocycles. The molecule has 64 valence electrons. The molecule has 0 fully saturated rings. The van der Waals surface area contributed by atoms with E-state index in [1.54, 1.807) is 0 Å². The molecule has 0 aromatic carbocycles. The third-order valence-electron chi connectivity index (χ3n) is 1.41. The second kappa shape index (κ2) is 2.69. The molecule has 1 aromatic rings. The van der Waals surface area contributed by atoms with Crippen molar-refractivity contribution in [3.63, 3.8) is 0 Å². The minimum absolute atomic E-state index is 0.164. The summed E-state index contributed by atoms with van der Waals surface area (Å²) in [5, 5.41) is 8.62. The van der Waals surface area contributed by atoms with Crippen LogP contribution in [0.15, 0.2) is 10.7 Å². The van der Waals surface area contributed by atoms with Gasteiger partial charge in [-0.15, -0.1) is 0 Å². The minimum Gasteiger partial charge on any atom is -0.478 e. The number of carboxylic acid groups (broad SMARTS) is 1. The number of primary amides is 1. The molecule has 0 atom stereocenters. The fraction of sp³-hybridized carbons (Fsp3) is 0.143. The predicted molar refractivity (Wildman–Crippen MR) is 38.9 cm³/mol. The van der Waals surface area contributed by atoms with E-state index >= 15 is 0 Å². The maximum atomic E-state index is 10.6. The number of aromatic carboxylic acids is 1. The number of nitrogens with two attached hydrogens (primary N) is 1. The molecule has 0 aliphatic carbocycles. The third-order valence-corrected chi connectivity index (χ3v) is 1.41. The molecule has 1 rings (SSSR count). The number of hydrogen-bond acceptors (Lipinski definition) is 3. The Labute approximate surface area is 67.8 Å². The number of hydrogen-bond donors (Lipinski definition) is 2. The average molecular weight is 169 g/mol. The zero-order valence-corrected chi connectivity index (χ0v) is 6.33. The van der Waals surface area contributed by atoms with Crippen molar-refractivity contribution in [1.82, 2.24) is 0 Å². The lowest BCUT2D eigenvalue weighted by Crippen LogP contribution is -2.14. The largest absolute Gasteiger partial charge is 0.478 e. The Kier molecular flexibility index (Phi) is 1.86. The van der Waals surface area contributed by atoms with Crippen LogP contribution < -0.4 is 5.73 Å². The molecule has 0 bridgehead atoms. The second-order valence-electron chi connectivity index (χ2n) is 2.29. The van der Waals surface area contributed by atoms with Crippen molar-refractivity contribution in [2.24, 2.45) is 5.73 Å². The van der Waals surface area contributed by atoms with Crippen molar-refractivity contribution >= 4 is 11.9 Å². The lowest BCUT2D eigenvalue weighted by Gasteiger charge is -1.92. The topological polar surface area (TPSA) is 93.5 Å². The van der Waals surface area contributed by atoms with E-state index in [-0.39, 0.29) is 11.3 Å². The van der Waals surface area contributed by atoms with Crippen LogP contribution in [-0.2, 0) is 0 Å². The molecule has 0 saturated heterocycles. The van der Waals surface area contributed by atoms with E-state index in [9.17, 15) is 9.59 Å². The average Bonchev–Trinajstić information content (AvgIpc) is 2.30. The molecule has 1 heterocycles. The number of furan rings is 1. The summed E-state index contributed by atoms with van der Waals surface area (Å²) in [5.74, 6) is -2.39. The highest BCUT2D eigenvalue weighted by molar-refractivity contribution is 6.02. The first-order valence-corrected chi connectivity index (χ1v) is 3.15. The van der Waals surface area contributed by atoms with Crippen LogP contribution in [0.25, 0.3) is 0 Å². The van der Waals surface area contributed by atoms with Gasteiger partial charge in [-0.3, -0.25) is 4.79 Å². The van der Waals surface area contributed by atoms with E-state index in [0.29, 0.717) is 5.56 Å². The Morgan fingerprint density at radius 3 is 2.50 bits per heavy atom. The van der Waals surface area contributed by atoms with E-state index < -0.39 is 11.9 Å². The van der Waals surface area contributed by atoms with Gasteiger partial charge in [0.15, 0.2) is 0 Å². The number of amides is 1. The summed E-state index contributed by atoms with van der Waals surface area (Å²) < 4.78 is 4.66. The van der Waals surface area contributed by atoms with Crippen LogP contribution in [0.2, 0.25) is 0 Å². The van der Waals surface area contributed by atoms with Gasteiger partial charge >= 0.3 is 5.97 Å². The Balaban J connectivity index is 3.31. The van der Waals surface area contributed by atoms with Crippen LogP contribution in [0.5, 0.6) is 0 Å². The van der Waals surface area contributed by atoms with Crippen LogP contribution >= 0.6 is 0 Å². The molecule has 1 amide bonds. The summed E-state index contributed by atoms with van der Waals surface area (Å²) in [6.45, 7) is 1.53. The first-order chi connectivity index (χ1) is 5.54. The molecule has 0 aliphatic rings. The van der Waals surface area contributed by atoms with E-state index in [0.717, 1.165) is 0 Å². The molecule has 0 spiro atoms. The van der Waals surface area contributed by atoms with Gasteiger partial charge in [-0.05, 0) is 6.92 Å². The van der Waals surface area contributed by atoms with Crippen LogP contribution in [0.3, 0.4) is 0 Å². The summed E-state index contributed by atoms with van der Waals surface area (Å²) in [7, 11) is 0. The summed E-state index contributed by atoms with van der Waals surface area (Å²) >= 11 is 0. The zero-order valence-electron chi connectivity index (χ0n) is 6.33. The van der Waals surface area contributed by atoms with E-state index in [1.807, 2.05) is 0 Å². The molecule has 1 aromatic heterocycles. The molecule has 0 radical (unpaired) electrons. The molecule has 5 heteroatoms. The summed E-state index contributed by atoms with van der Waals surface area (Å²) in [6.07, 6.45) is 1.18. The standard InChI is InChI=1S/C7H7NO4/c1-3-2-12-5(6(8)9)4(3)7(10)11/h2H,1H3,(H2,8,9)(H,10,11). The maximum absolute atomic E-state index is 10.6. The first-order valence-electron chi connectivity index (χ1n) is 3.15. The van der Waals surface area contributed by atoms with Crippen molar-refractivity contribution in [1.29, 1.82) is 0 Å². The monoisotopic (exact) mass is 169 g/mol. The lowest BCUT2D eigenvalue weighted by atomic mass is 10.1. The van der Waals surface area contributed by atoms with Gasteiger partial charge < -0.3 is 15.3 Å². The van der Waals surface area contributed by atoms with Crippen LogP contribution in [0.1, 0.15) is 26.5 Å². The third kappa shape index (κ3) is 1.16. The van der Waals surface area contributed by atoms with Gasteiger partial charge in [-0.2, -0.15) is 0 Å². The van der Waals surface area contributed by atoms with Crippen molar-refractivity contribution in [3.05, 3.63) is 23.2 Å². The van der Waals surface area contributed by atoms with E-state index in [1.165, 1.54) is 13.2 Å². The maximum Gasteiger partial charge on any atom is 0.340 e. The van der Waals surface area contributed by atoms with Gasteiger partial charge in [0.1, 0.15) is 5.56 Å². The van der Waals surface area contributed by atoms with Crippen LogP contribution in [0, 0.1) is 6.92 Å². The van der Waals surface area contributed by atoms with Crippen LogP contribution in [-0.4, -0.2) is 17.0 Å². The Morgan fingerprint density at radius 1 is 1.58 bits per heavy atom. The molecule has 0 aliphatic heterocycles. The summed E-state index contributed by atoms with van der Waals surface area (Å²) in [4.78, 5) is 21.1. The van der Waals surface area contributed by atoms with Gasteiger partial charge in [0.2, 0.25) is 5.76 Å². The van der Waals surface area contributed by atoms with Crippen LogP contribution in [0.4, 0.5) is 0 Å². The predicted octanol–water partition coefficient (Wildman–Crippen LogP) is 0.385. The van der Waals surface area contributed by atoms with Crippen molar-refractivity contribution in [3.8, 4) is 0 Å². The van der Waals surface area contributed by atoms with Gasteiger partial charge in [0.25, 0.3) is 5.91 Å². The fourth-order valence-electron chi connectivity index (χ4n) is 0.891. The molecule has 0 unspecified atom stereocenters. The zero-order chi connectivity index (χ0) is 9.30. The number of aryl methyl sites for hydroxylation is 1. The number of carbonyl (C=O) groups is 2. The molecular formula is C7H7NO4.